The van der Waals surface area contributed by atoms with Gasteiger partial charge in [-0.1, -0.05) is 4.49 Å². The summed E-state index contributed by atoms with van der Waals surface area (Å²) in [4.78, 5) is 11.2. The van der Waals surface area contributed by atoms with Gasteiger partial charge in [-0.2, -0.15) is 11.8 Å². The normalized spacial score (nSPS) is 9.79. The second-order valence-corrected chi connectivity index (χ2v) is 4.28. The van der Waals surface area contributed by atoms with Crippen LogP contribution in [0, 0.1) is 0 Å². The van der Waals surface area contributed by atoms with E-state index in [0.29, 0.717) is 11.5 Å². The van der Waals surface area contributed by atoms with E-state index >= 15 is 0 Å². The lowest BCUT2D eigenvalue weighted by molar-refractivity contribution is 0.252. The van der Waals surface area contributed by atoms with E-state index in [-0.39, 0.29) is 6.03 Å². The van der Waals surface area contributed by atoms with Crippen LogP contribution in [0.1, 0.15) is 6.42 Å². The lowest BCUT2D eigenvalue weighted by Crippen LogP contribution is -2.29. The number of thioether (sulfide) groups is 1. The first-order chi connectivity index (χ1) is 6.83. The van der Waals surface area contributed by atoms with Gasteiger partial charge in [0.05, 0.1) is 6.20 Å². The third-order valence-electron chi connectivity index (χ3n) is 1.41. The SMILES string of the molecule is CSCCCNC(=O)Nc1cnns1. The Bertz CT molecular complexity index is 265. The summed E-state index contributed by atoms with van der Waals surface area (Å²) in [7, 11) is 0. The third-order valence-corrected chi connectivity index (χ3v) is 2.69. The number of carbonyl (C=O) groups is 1. The second-order valence-electron chi connectivity index (χ2n) is 2.51. The molecule has 0 aliphatic rings. The maximum atomic E-state index is 11.2. The third kappa shape index (κ3) is 4.43. The maximum absolute atomic E-state index is 11.2. The van der Waals surface area contributed by atoms with Crippen LogP contribution in [0.4, 0.5) is 9.80 Å². The Balaban J connectivity index is 2.11. The smallest absolute Gasteiger partial charge is 0.319 e. The number of amides is 2. The van der Waals surface area contributed by atoms with Crippen molar-refractivity contribution in [3.63, 3.8) is 0 Å². The number of hydrogen-bond donors (Lipinski definition) is 2. The summed E-state index contributed by atoms with van der Waals surface area (Å²) in [5.74, 6) is 1.06. The summed E-state index contributed by atoms with van der Waals surface area (Å²) in [6.45, 7) is 0.693. The molecule has 1 heterocycles. The molecule has 0 aliphatic carbocycles. The summed E-state index contributed by atoms with van der Waals surface area (Å²) in [6, 6.07) is -0.197. The highest BCUT2D eigenvalue weighted by Gasteiger charge is 2.01. The fraction of sp³-hybridized carbons (Fsp3) is 0.571. The quantitative estimate of drug-likeness (QED) is 0.753. The van der Waals surface area contributed by atoms with E-state index in [4.69, 9.17) is 0 Å². The minimum Gasteiger partial charge on any atom is -0.338 e. The molecule has 0 bridgehead atoms. The van der Waals surface area contributed by atoms with Crippen molar-refractivity contribution < 1.29 is 4.79 Å². The van der Waals surface area contributed by atoms with E-state index in [1.54, 1.807) is 11.8 Å². The summed E-state index contributed by atoms with van der Waals surface area (Å²) >= 11 is 2.93. The molecule has 0 radical (unpaired) electrons. The Morgan fingerprint density at radius 2 is 2.57 bits per heavy atom. The lowest BCUT2D eigenvalue weighted by Gasteiger charge is -2.03. The van der Waals surface area contributed by atoms with Crippen molar-refractivity contribution >= 4 is 34.3 Å². The van der Waals surface area contributed by atoms with Crippen molar-refractivity contribution in [1.82, 2.24) is 14.9 Å². The molecule has 0 saturated heterocycles. The van der Waals surface area contributed by atoms with Gasteiger partial charge in [-0.05, 0) is 18.4 Å². The van der Waals surface area contributed by atoms with Crippen LogP contribution in [0.15, 0.2) is 6.20 Å². The molecule has 1 aromatic rings. The van der Waals surface area contributed by atoms with Gasteiger partial charge >= 0.3 is 6.03 Å². The maximum Gasteiger partial charge on any atom is 0.319 e. The fourth-order valence-electron chi connectivity index (χ4n) is 0.797. The molecule has 2 N–H and O–H groups in total. The second kappa shape index (κ2) is 6.61. The molecule has 14 heavy (non-hydrogen) atoms. The Kier molecular flexibility index (Phi) is 5.31. The highest BCUT2D eigenvalue weighted by Crippen LogP contribution is 2.08. The predicted octanol–water partition coefficient (Wildman–Crippen LogP) is 1.41. The van der Waals surface area contributed by atoms with Crippen molar-refractivity contribution in [2.75, 3.05) is 23.9 Å². The Morgan fingerprint density at radius 1 is 1.71 bits per heavy atom. The minimum absolute atomic E-state index is 0.197. The first kappa shape index (κ1) is 11.3. The summed E-state index contributed by atoms with van der Waals surface area (Å²) < 4.78 is 3.63. The zero-order chi connectivity index (χ0) is 10.2. The molecule has 1 rings (SSSR count). The molecule has 1 aromatic heterocycles. The molecule has 0 saturated carbocycles. The van der Waals surface area contributed by atoms with E-state index < -0.39 is 0 Å². The van der Waals surface area contributed by atoms with E-state index in [1.165, 1.54) is 6.20 Å². The van der Waals surface area contributed by atoms with Crippen LogP contribution in [0.2, 0.25) is 0 Å². The van der Waals surface area contributed by atoms with Crippen molar-refractivity contribution in [2.45, 2.75) is 6.42 Å². The summed E-state index contributed by atoms with van der Waals surface area (Å²) in [5.41, 5.74) is 0. The van der Waals surface area contributed by atoms with Gasteiger partial charge < -0.3 is 5.32 Å². The number of rotatable bonds is 5. The number of hydrogen-bond acceptors (Lipinski definition) is 5. The molecule has 5 nitrogen and oxygen atoms in total. The van der Waals surface area contributed by atoms with Crippen LogP contribution < -0.4 is 10.6 Å². The first-order valence-electron chi connectivity index (χ1n) is 4.14. The highest BCUT2D eigenvalue weighted by molar-refractivity contribution is 7.98. The van der Waals surface area contributed by atoms with Crippen LogP contribution in [0.5, 0.6) is 0 Å². The van der Waals surface area contributed by atoms with Gasteiger partial charge in [-0.25, -0.2) is 4.79 Å². The Labute approximate surface area is 90.8 Å². The van der Waals surface area contributed by atoms with E-state index in [9.17, 15) is 4.79 Å². The zero-order valence-corrected chi connectivity index (χ0v) is 9.45. The van der Waals surface area contributed by atoms with Gasteiger partial charge in [0.2, 0.25) is 0 Å². The first-order valence-corrected chi connectivity index (χ1v) is 6.31. The van der Waals surface area contributed by atoms with Crippen LogP contribution in [0.3, 0.4) is 0 Å². The van der Waals surface area contributed by atoms with Crippen molar-refractivity contribution in [1.29, 1.82) is 0 Å². The van der Waals surface area contributed by atoms with Gasteiger partial charge in [-0.3, -0.25) is 5.32 Å². The summed E-state index contributed by atoms with van der Waals surface area (Å²) in [5, 5.41) is 9.65. The molecule has 2 amide bonds. The lowest BCUT2D eigenvalue weighted by atomic mass is 10.5. The van der Waals surface area contributed by atoms with E-state index in [0.717, 1.165) is 23.7 Å². The monoisotopic (exact) mass is 232 g/mol. The number of anilines is 1. The molecule has 7 heteroatoms. The molecule has 0 aromatic carbocycles. The number of aromatic nitrogens is 2. The predicted molar refractivity (Wildman–Crippen MR) is 59.9 cm³/mol. The topological polar surface area (TPSA) is 66.9 Å². The van der Waals surface area contributed by atoms with Crippen LogP contribution >= 0.6 is 23.3 Å². The van der Waals surface area contributed by atoms with Gasteiger partial charge in [0.15, 0.2) is 0 Å². The zero-order valence-electron chi connectivity index (χ0n) is 7.82. The molecule has 78 valence electrons. The molecular formula is C7H12N4OS2. The Morgan fingerprint density at radius 3 is 3.21 bits per heavy atom. The fourth-order valence-corrected chi connectivity index (χ4v) is 1.64. The van der Waals surface area contributed by atoms with Crippen molar-refractivity contribution in [3.8, 4) is 0 Å². The van der Waals surface area contributed by atoms with Crippen LogP contribution in [-0.4, -0.2) is 34.2 Å². The molecule has 0 atom stereocenters. The number of urea groups is 1. The Hall–Kier alpha value is -0.820. The van der Waals surface area contributed by atoms with Crippen LogP contribution in [-0.2, 0) is 0 Å². The van der Waals surface area contributed by atoms with Gasteiger partial charge in [0.25, 0.3) is 0 Å². The van der Waals surface area contributed by atoms with Gasteiger partial charge in [0.1, 0.15) is 5.00 Å². The molecule has 0 fully saturated rings. The molecule has 0 spiro atoms. The molecular weight excluding hydrogens is 220 g/mol. The standard InChI is InChI=1S/C7H12N4OS2/c1-13-4-2-3-8-7(12)10-6-5-9-11-14-6/h5H,2-4H2,1H3,(H2,8,10,12). The molecule has 0 unspecified atom stereocenters. The van der Waals surface area contributed by atoms with Gasteiger partial charge in [0, 0.05) is 18.1 Å². The van der Waals surface area contributed by atoms with Gasteiger partial charge in [-0.15, -0.1) is 5.10 Å². The average Bonchev–Trinajstić information content (AvgIpc) is 2.65. The summed E-state index contributed by atoms with van der Waals surface area (Å²) in [6.07, 6.45) is 4.55. The highest BCUT2D eigenvalue weighted by atomic mass is 32.2. The number of nitrogens with zero attached hydrogens (tertiary/aromatic N) is 2. The van der Waals surface area contributed by atoms with Crippen molar-refractivity contribution in [2.24, 2.45) is 0 Å². The van der Waals surface area contributed by atoms with E-state index in [2.05, 4.69) is 20.2 Å². The molecule has 0 aliphatic heterocycles. The number of carbonyl (C=O) groups excluding carboxylic acids is 1. The largest absolute Gasteiger partial charge is 0.338 e. The average molecular weight is 232 g/mol. The van der Waals surface area contributed by atoms with Crippen LogP contribution in [0.25, 0.3) is 0 Å². The minimum atomic E-state index is -0.197. The van der Waals surface area contributed by atoms with E-state index in [1.807, 2.05) is 6.26 Å². The van der Waals surface area contributed by atoms with Crippen molar-refractivity contribution in [3.05, 3.63) is 6.20 Å². The number of nitrogens with one attached hydrogen (secondary N) is 2.